The molecule has 0 amide bonds. The highest BCUT2D eigenvalue weighted by Gasteiger charge is 2.59. The fraction of sp³-hybridized carbons (Fsp3) is 0.406. The normalized spacial score (nSPS) is 19.3. The van der Waals surface area contributed by atoms with Gasteiger partial charge in [-0.2, -0.15) is 0 Å². The number of aryl methyl sites for hydroxylation is 2. The second-order valence-corrected chi connectivity index (χ2v) is 11.3. The minimum absolute atomic E-state index is 0.126. The van der Waals surface area contributed by atoms with Gasteiger partial charge < -0.3 is 19.4 Å². The van der Waals surface area contributed by atoms with Crippen molar-refractivity contribution in [3.05, 3.63) is 87.9 Å². The van der Waals surface area contributed by atoms with E-state index in [0.717, 1.165) is 52.8 Å². The summed E-state index contributed by atoms with van der Waals surface area (Å²) in [5, 5.41) is 9.32. The van der Waals surface area contributed by atoms with E-state index in [4.69, 9.17) is 16.0 Å². The Balaban J connectivity index is 1.22. The smallest absolute Gasteiger partial charge is 0.307 e. The largest absolute Gasteiger partial charge is 0.494 e. The molecule has 6 nitrogen and oxygen atoms in total. The van der Waals surface area contributed by atoms with Gasteiger partial charge in [0, 0.05) is 38.4 Å². The quantitative estimate of drug-likeness (QED) is 0.241. The van der Waals surface area contributed by atoms with Crippen LogP contribution in [-0.4, -0.2) is 28.2 Å². The van der Waals surface area contributed by atoms with Gasteiger partial charge in [0.25, 0.3) is 0 Å². The first-order valence-corrected chi connectivity index (χ1v) is 13.2. The summed E-state index contributed by atoms with van der Waals surface area (Å²) in [6.07, 6.45) is 4.26. The van der Waals surface area contributed by atoms with Crippen molar-refractivity contribution in [1.29, 1.82) is 0 Å². The molecule has 196 valence electrons. The number of nitrogens with zero attached hydrogens (tertiary/aromatic N) is 2. The number of ether oxygens (including phenoxy) is 2. The van der Waals surface area contributed by atoms with E-state index < -0.39 is 5.97 Å². The fourth-order valence-electron chi connectivity index (χ4n) is 5.87. The van der Waals surface area contributed by atoms with Crippen molar-refractivity contribution in [2.75, 3.05) is 6.61 Å². The second-order valence-electron chi connectivity index (χ2n) is 11.3. The van der Waals surface area contributed by atoms with Crippen LogP contribution >= 0.6 is 0 Å². The third-order valence-corrected chi connectivity index (χ3v) is 7.88. The SMILES string of the molecule is [C-]#[N+]C(C)(C)CCCOc1cc(C)c(-c2cccc(COc3cc4c(cn3)[C@H]3[C@@H](C4)[C@@H]3C(=O)O)c2)c(C)c1. The molecule has 5 rings (SSSR count). The summed E-state index contributed by atoms with van der Waals surface area (Å²) in [4.78, 5) is 19.5. The van der Waals surface area contributed by atoms with Gasteiger partial charge in [0.05, 0.1) is 12.5 Å². The lowest BCUT2D eigenvalue weighted by Gasteiger charge is -2.16. The Morgan fingerprint density at radius 1 is 1.16 bits per heavy atom. The Kier molecular flexibility index (Phi) is 6.88. The van der Waals surface area contributed by atoms with Crippen molar-refractivity contribution in [3.8, 4) is 22.8 Å². The van der Waals surface area contributed by atoms with Crippen LogP contribution < -0.4 is 9.47 Å². The van der Waals surface area contributed by atoms with Crippen LogP contribution in [0.4, 0.5) is 0 Å². The lowest BCUT2D eigenvalue weighted by molar-refractivity contribution is -0.139. The summed E-state index contributed by atoms with van der Waals surface area (Å²) in [6.45, 7) is 16.4. The maximum atomic E-state index is 11.3. The van der Waals surface area contributed by atoms with Crippen LogP contribution in [0.3, 0.4) is 0 Å². The summed E-state index contributed by atoms with van der Waals surface area (Å²) < 4.78 is 12.0. The number of hydrogen-bond donors (Lipinski definition) is 1. The Hall–Kier alpha value is -3.85. The molecule has 0 aliphatic heterocycles. The third kappa shape index (κ3) is 5.24. The van der Waals surface area contributed by atoms with Gasteiger partial charge in [0.15, 0.2) is 0 Å². The minimum atomic E-state index is -0.699. The molecule has 1 heterocycles. The first kappa shape index (κ1) is 25.8. The average Bonchev–Trinajstić information content (AvgIpc) is 3.48. The number of pyridine rings is 1. The van der Waals surface area contributed by atoms with Gasteiger partial charge in [-0.3, -0.25) is 4.79 Å². The molecule has 0 unspecified atom stereocenters. The van der Waals surface area contributed by atoms with Gasteiger partial charge in [-0.15, -0.1) is 0 Å². The van der Waals surface area contributed by atoms with E-state index in [2.05, 4.69) is 54.0 Å². The van der Waals surface area contributed by atoms with Gasteiger partial charge in [-0.05, 0) is 89.8 Å². The zero-order valence-electron chi connectivity index (χ0n) is 22.5. The van der Waals surface area contributed by atoms with E-state index in [9.17, 15) is 9.90 Å². The molecule has 1 N–H and O–H groups in total. The van der Waals surface area contributed by atoms with Crippen molar-refractivity contribution < 1.29 is 19.4 Å². The zero-order valence-corrected chi connectivity index (χ0v) is 22.5. The molecule has 2 aromatic carbocycles. The maximum Gasteiger partial charge on any atom is 0.307 e. The lowest BCUT2D eigenvalue weighted by Crippen LogP contribution is -2.15. The number of fused-ring (bicyclic) bond motifs is 3. The number of benzene rings is 2. The Morgan fingerprint density at radius 2 is 1.92 bits per heavy atom. The molecular formula is C32H34N2O4. The fourth-order valence-corrected chi connectivity index (χ4v) is 5.87. The van der Waals surface area contributed by atoms with Crippen molar-refractivity contribution in [3.63, 3.8) is 0 Å². The van der Waals surface area contributed by atoms with Gasteiger partial charge in [0.1, 0.15) is 12.4 Å². The van der Waals surface area contributed by atoms with E-state index in [1.165, 1.54) is 11.1 Å². The van der Waals surface area contributed by atoms with E-state index in [1.54, 1.807) is 6.20 Å². The molecular weight excluding hydrogens is 476 g/mol. The van der Waals surface area contributed by atoms with Crippen LogP contribution in [0.25, 0.3) is 16.0 Å². The van der Waals surface area contributed by atoms with Gasteiger partial charge in [0.2, 0.25) is 11.4 Å². The predicted octanol–water partition coefficient (Wildman–Crippen LogP) is 6.77. The molecule has 3 aromatic rings. The summed E-state index contributed by atoms with van der Waals surface area (Å²) >= 11 is 0. The van der Waals surface area contributed by atoms with Gasteiger partial charge in [-0.1, -0.05) is 18.2 Å². The number of rotatable bonds is 10. The van der Waals surface area contributed by atoms with E-state index in [1.807, 2.05) is 26.0 Å². The Morgan fingerprint density at radius 3 is 2.63 bits per heavy atom. The van der Waals surface area contributed by atoms with E-state index >= 15 is 0 Å². The summed E-state index contributed by atoms with van der Waals surface area (Å²) in [5.74, 6) is 0.844. The Labute approximate surface area is 224 Å². The lowest BCUT2D eigenvalue weighted by atomic mass is 9.94. The molecule has 3 atom stereocenters. The standard InChI is InChI=1S/C32H34N2O4/c1-19-12-24(37-11-7-10-32(3,4)33-5)13-20(2)28(19)22-9-6-8-21(14-22)18-38-27-16-23-15-25-29(26(23)17-34-27)30(25)31(35)36/h6,8-9,12-14,16-17,25,29-30H,7,10-11,15,18H2,1-4H3,(H,35,36)/t25-,29-,30+/m1/s1. The molecule has 2 aliphatic carbocycles. The number of hydrogen-bond acceptors (Lipinski definition) is 4. The van der Waals surface area contributed by atoms with Crippen LogP contribution in [0, 0.1) is 32.3 Å². The first-order chi connectivity index (χ1) is 18.2. The Bertz CT molecular complexity index is 1400. The molecule has 6 heteroatoms. The van der Waals surface area contributed by atoms with E-state index in [-0.39, 0.29) is 23.3 Å². The highest BCUT2D eigenvalue weighted by atomic mass is 16.5. The summed E-state index contributed by atoms with van der Waals surface area (Å²) in [6, 6.07) is 14.5. The van der Waals surface area contributed by atoms with Crippen molar-refractivity contribution in [2.45, 2.75) is 65.0 Å². The molecule has 1 fully saturated rings. The monoisotopic (exact) mass is 510 g/mol. The molecule has 1 aromatic heterocycles. The van der Waals surface area contributed by atoms with Crippen molar-refractivity contribution >= 4 is 5.97 Å². The van der Waals surface area contributed by atoms with Crippen LogP contribution in [0.15, 0.2) is 48.7 Å². The van der Waals surface area contributed by atoms with Crippen LogP contribution in [0.1, 0.15) is 60.4 Å². The maximum absolute atomic E-state index is 11.3. The topological polar surface area (TPSA) is 73.0 Å². The molecule has 0 radical (unpaired) electrons. The van der Waals surface area contributed by atoms with Gasteiger partial charge in [-0.25, -0.2) is 11.6 Å². The second kappa shape index (κ2) is 10.1. The third-order valence-electron chi connectivity index (χ3n) is 7.88. The number of carboxylic acids is 1. The highest BCUT2D eigenvalue weighted by molar-refractivity contribution is 5.77. The first-order valence-electron chi connectivity index (χ1n) is 13.2. The van der Waals surface area contributed by atoms with Crippen LogP contribution in [-0.2, 0) is 17.8 Å². The molecule has 0 spiro atoms. The van der Waals surface area contributed by atoms with Crippen LogP contribution in [0.2, 0.25) is 0 Å². The molecule has 0 saturated heterocycles. The molecule has 1 saturated carbocycles. The number of aromatic nitrogens is 1. The van der Waals surface area contributed by atoms with Crippen molar-refractivity contribution in [2.24, 2.45) is 11.8 Å². The highest BCUT2D eigenvalue weighted by Crippen LogP contribution is 2.61. The number of carbonyl (C=O) groups is 1. The van der Waals surface area contributed by atoms with Crippen LogP contribution in [0.5, 0.6) is 11.6 Å². The number of carboxylic acid groups (broad SMARTS) is 1. The average molecular weight is 511 g/mol. The summed E-state index contributed by atoms with van der Waals surface area (Å²) in [7, 11) is 0. The van der Waals surface area contributed by atoms with E-state index in [0.29, 0.717) is 19.1 Å². The van der Waals surface area contributed by atoms with Gasteiger partial charge >= 0.3 is 5.97 Å². The molecule has 38 heavy (non-hydrogen) atoms. The zero-order chi connectivity index (χ0) is 27.0. The number of aliphatic carboxylic acids is 1. The minimum Gasteiger partial charge on any atom is -0.494 e. The summed E-state index contributed by atoms with van der Waals surface area (Å²) in [5.41, 5.74) is 7.58. The molecule has 0 bridgehead atoms. The van der Waals surface area contributed by atoms with Crippen molar-refractivity contribution in [1.82, 2.24) is 4.98 Å². The predicted molar refractivity (Wildman–Crippen MR) is 146 cm³/mol. The molecule has 2 aliphatic rings.